The van der Waals surface area contributed by atoms with Crippen molar-refractivity contribution in [1.82, 2.24) is 0 Å². The number of hydrogen-bond donors (Lipinski definition) is 0. The van der Waals surface area contributed by atoms with Gasteiger partial charge in [-0.3, -0.25) is 4.57 Å². The second-order valence-corrected chi connectivity index (χ2v) is 9.56. The maximum Gasteiger partial charge on any atom is 0.200 e. The van der Waals surface area contributed by atoms with E-state index in [0.29, 0.717) is 31.2 Å². The van der Waals surface area contributed by atoms with E-state index in [1.807, 2.05) is 37.3 Å². The zero-order chi connectivity index (χ0) is 17.7. The third-order valence-electron chi connectivity index (χ3n) is 4.66. The summed E-state index contributed by atoms with van der Waals surface area (Å²) in [6.07, 6.45) is 3.05. The maximum atomic E-state index is 12.7. The minimum atomic E-state index is -2.55. The van der Waals surface area contributed by atoms with Crippen LogP contribution in [0.4, 0.5) is 0 Å². The first-order valence-electron chi connectivity index (χ1n) is 9.05. The van der Waals surface area contributed by atoms with Gasteiger partial charge in [0, 0.05) is 12.8 Å². The van der Waals surface area contributed by atoms with E-state index in [2.05, 4.69) is 24.3 Å². The van der Waals surface area contributed by atoms with E-state index in [1.165, 1.54) is 18.4 Å². The van der Waals surface area contributed by atoms with Crippen LogP contribution in [0.3, 0.4) is 0 Å². The first kappa shape index (κ1) is 18.2. The highest BCUT2D eigenvalue weighted by Crippen LogP contribution is 2.53. The topological polar surface area (TPSA) is 35.5 Å². The van der Waals surface area contributed by atoms with Crippen molar-refractivity contribution in [1.29, 1.82) is 0 Å². The Morgan fingerprint density at radius 2 is 1.88 bits per heavy atom. The Balaban J connectivity index is 1.71. The molecule has 0 bridgehead atoms. The van der Waals surface area contributed by atoms with Crippen molar-refractivity contribution in [2.24, 2.45) is 5.92 Å². The predicted octanol–water partition coefficient (Wildman–Crippen LogP) is 5.70. The first-order valence-corrected chi connectivity index (χ1v) is 11.3. The Bertz CT molecular complexity index is 725. The molecule has 2 aromatic rings. The van der Waals surface area contributed by atoms with Gasteiger partial charge in [0.15, 0.2) is 0 Å². The van der Waals surface area contributed by atoms with Crippen LogP contribution in [0.25, 0.3) is 0 Å². The summed E-state index contributed by atoms with van der Waals surface area (Å²) in [6, 6.07) is 18.4. The molecule has 0 aromatic heterocycles. The van der Waals surface area contributed by atoms with Gasteiger partial charge in [0.05, 0.1) is 6.61 Å². The van der Waals surface area contributed by atoms with Gasteiger partial charge < -0.3 is 9.26 Å². The van der Waals surface area contributed by atoms with Crippen molar-refractivity contribution in [2.75, 3.05) is 19.4 Å². The van der Waals surface area contributed by atoms with Crippen LogP contribution in [0.2, 0.25) is 0 Å². The Hall–Kier alpha value is -1.57. The fourth-order valence-electron chi connectivity index (χ4n) is 3.28. The molecular formula is C21H27O3P. The zero-order valence-corrected chi connectivity index (χ0v) is 16.0. The van der Waals surface area contributed by atoms with E-state index in [9.17, 15) is 4.57 Å². The Morgan fingerprint density at radius 3 is 2.56 bits per heavy atom. The van der Waals surface area contributed by atoms with Gasteiger partial charge in [-0.1, -0.05) is 42.5 Å². The Morgan fingerprint density at radius 1 is 1.12 bits per heavy atom. The quantitative estimate of drug-likeness (QED) is 0.539. The van der Waals surface area contributed by atoms with Gasteiger partial charge in [0.1, 0.15) is 12.4 Å². The lowest BCUT2D eigenvalue weighted by molar-refractivity contribution is 0.305. The highest BCUT2D eigenvalue weighted by molar-refractivity contribution is 7.58. The normalized spacial score (nSPS) is 17.7. The fourth-order valence-corrected chi connectivity index (χ4v) is 5.16. The monoisotopic (exact) mass is 358 g/mol. The fraction of sp³-hybridized carbons (Fsp3) is 0.429. The molecule has 0 heterocycles. The SMILES string of the molecule is CCOP(C)(=O)C[C@H](c1cccc(OCc2ccccc2)c1)C1CC1. The molecule has 0 spiro atoms. The van der Waals surface area contributed by atoms with Gasteiger partial charge in [0.25, 0.3) is 0 Å². The van der Waals surface area contributed by atoms with Crippen LogP contribution >= 0.6 is 7.37 Å². The maximum absolute atomic E-state index is 12.7. The standard InChI is InChI=1S/C21H27O3P/c1-3-24-25(2,22)16-21(18-12-13-18)19-10-7-11-20(14-19)23-15-17-8-5-4-6-9-17/h4-11,14,18,21H,3,12-13,15-16H2,1-2H3/t21-,25?/m0/s1. The summed E-state index contributed by atoms with van der Waals surface area (Å²) in [6.45, 7) is 4.73. The lowest BCUT2D eigenvalue weighted by Gasteiger charge is -2.22. The van der Waals surface area contributed by atoms with Gasteiger partial charge in [-0.05, 0) is 54.9 Å². The van der Waals surface area contributed by atoms with Gasteiger partial charge in [0.2, 0.25) is 7.37 Å². The van der Waals surface area contributed by atoms with Crippen LogP contribution in [0.1, 0.15) is 36.8 Å². The summed E-state index contributed by atoms with van der Waals surface area (Å²) < 4.78 is 24.2. The molecule has 4 heteroatoms. The highest BCUT2D eigenvalue weighted by atomic mass is 31.2. The number of benzene rings is 2. The smallest absolute Gasteiger partial charge is 0.200 e. The summed E-state index contributed by atoms with van der Waals surface area (Å²) >= 11 is 0. The second-order valence-electron chi connectivity index (χ2n) is 6.91. The molecule has 3 nitrogen and oxygen atoms in total. The molecule has 2 aromatic carbocycles. The first-order chi connectivity index (χ1) is 12.1. The molecule has 1 unspecified atom stereocenters. The van der Waals surface area contributed by atoms with Crippen LogP contribution in [0.5, 0.6) is 5.75 Å². The lowest BCUT2D eigenvalue weighted by atomic mass is 9.96. The van der Waals surface area contributed by atoms with Crippen molar-refractivity contribution in [3.8, 4) is 5.75 Å². The van der Waals surface area contributed by atoms with Gasteiger partial charge >= 0.3 is 0 Å². The van der Waals surface area contributed by atoms with Crippen molar-refractivity contribution >= 4 is 7.37 Å². The van der Waals surface area contributed by atoms with Crippen molar-refractivity contribution in [3.05, 3.63) is 65.7 Å². The molecule has 0 saturated heterocycles. The Labute approximate surface area is 150 Å². The molecule has 3 rings (SSSR count). The lowest BCUT2D eigenvalue weighted by Crippen LogP contribution is -2.09. The predicted molar refractivity (Wildman–Crippen MR) is 103 cm³/mol. The van der Waals surface area contributed by atoms with E-state index in [0.717, 1.165) is 11.3 Å². The largest absolute Gasteiger partial charge is 0.489 e. The minimum absolute atomic E-state index is 0.294. The van der Waals surface area contributed by atoms with Gasteiger partial charge in [-0.25, -0.2) is 0 Å². The summed E-state index contributed by atoms with van der Waals surface area (Å²) in [5.74, 6) is 1.79. The van der Waals surface area contributed by atoms with Crippen LogP contribution in [-0.4, -0.2) is 19.4 Å². The summed E-state index contributed by atoms with van der Waals surface area (Å²) in [7, 11) is -2.55. The van der Waals surface area contributed by atoms with E-state index < -0.39 is 7.37 Å². The number of rotatable bonds is 9. The van der Waals surface area contributed by atoms with E-state index >= 15 is 0 Å². The molecule has 2 atom stereocenters. The van der Waals surface area contributed by atoms with Gasteiger partial charge in [-0.2, -0.15) is 0 Å². The van der Waals surface area contributed by atoms with Crippen molar-refractivity contribution < 1.29 is 13.8 Å². The molecule has 1 aliphatic carbocycles. The van der Waals surface area contributed by atoms with Crippen molar-refractivity contribution in [3.63, 3.8) is 0 Å². The van der Waals surface area contributed by atoms with Crippen LogP contribution < -0.4 is 4.74 Å². The highest BCUT2D eigenvalue weighted by Gasteiger charge is 2.36. The Kier molecular flexibility index (Phi) is 5.98. The van der Waals surface area contributed by atoms with E-state index in [4.69, 9.17) is 9.26 Å². The molecule has 0 aliphatic heterocycles. The second kappa shape index (κ2) is 8.21. The average Bonchev–Trinajstić information content (AvgIpc) is 3.44. The number of hydrogen-bond acceptors (Lipinski definition) is 3. The third-order valence-corrected chi connectivity index (χ3v) is 6.52. The summed E-state index contributed by atoms with van der Waals surface area (Å²) in [5.41, 5.74) is 2.37. The average molecular weight is 358 g/mol. The molecule has 1 fully saturated rings. The third kappa shape index (κ3) is 5.45. The minimum Gasteiger partial charge on any atom is -0.489 e. The molecule has 1 saturated carbocycles. The molecule has 134 valence electrons. The van der Waals surface area contributed by atoms with E-state index in [-0.39, 0.29) is 0 Å². The van der Waals surface area contributed by atoms with E-state index in [1.54, 1.807) is 6.66 Å². The van der Waals surface area contributed by atoms with Crippen LogP contribution in [-0.2, 0) is 15.7 Å². The van der Waals surface area contributed by atoms with Crippen LogP contribution in [0.15, 0.2) is 54.6 Å². The van der Waals surface area contributed by atoms with Gasteiger partial charge in [-0.15, -0.1) is 0 Å². The summed E-state index contributed by atoms with van der Waals surface area (Å²) in [5, 5.41) is 0. The molecule has 0 N–H and O–H groups in total. The summed E-state index contributed by atoms with van der Waals surface area (Å²) in [4.78, 5) is 0. The molecule has 25 heavy (non-hydrogen) atoms. The van der Waals surface area contributed by atoms with Crippen LogP contribution in [0, 0.1) is 5.92 Å². The molecule has 1 aliphatic rings. The molecule has 0 amide bonds. The number of ether oxygens (including phenoxy) is 1. The zero-order valence-electron chi connectivity index (χ0n) is 15.1. The molecular weight excluding hydrogens is 331 g/mol. The van der Waals surface area contributed by atoms with Crippen molar-refractivity contribution in [2.45, 2.75) is 32.3 Å². The molecule has 0 radical (unpaired) electrons.